The van der Waals surface area contributed by atoms with E-state index in [0.29, 0.717) is 29.7 Å². The zero-order valence-electron chi connectivity index (χ0n) is 18.4. The van der Waals surface area contributed by atoms with Crippen molar-refractivity contribution in [2.45, 2.75) is 32.7 Å². The van der Waals surface area contributed by atoms with Gasteiger partial charge in [0.05, 0.1) is 11.0 Å². The molecule has 1 atom stereocenters. The zero-order chi connectivity index (χ0) is 23.8. The molecule has 2 aliphatic rings. The number of nitrogens with one attached hydrogen (secondary N) is 1. The Labute approximate surface area is 200 Å². The highest BCUT2D eigenvalue weighted by Crippen LogP contribution is 2.44. The van der Waals surface area contributed by atoms with Crippen LogP contribution in [0.1, 0.15) is 43.9 Å². The van der Waals surface area contributed by atoms with Gasteiger partial charge in [0.15, 0.2) is 5.78 Å². The maximum absolute atomic E-state index is 13.2. The predicted octanol–water partition coefficient (Wildman–Crippen LogP) is 5.78. The molecule has 1 unspecified atom stereocenters. The molecule has 0 saturated carbocycles. The third-order valence-electron chi connectivity index (χ3n) is 5.90. The molecule has 0 aromatic heterocycles. The van der Waals surface area contributed by atoms with Gasteiger partial charge in [0.1, 0.15) is 0 Å². The van der Waals surface area contributed by atoms with E-state index in [9.17, 15) is 19.7 Å². The van der Waals surface area contributed by atoms with E-state index >= 15 is 0 Å². The first kappa shape index (κ1) is 22.9. The Morgan fingerprint density at radius 1 is 1.18 bits per heavy atom. The third kappa shape index (κ3) is 4.90. The standard InChI is InChI=1S/C25H24BrN3O4/c1-25(2)14-20-22(21(30)15-25)23(17-6-3-7-19(13-17)29(32)33)28(24(31)27-20)12-4-5-16-8-10-18(26)11-9-16/h3-11,13,23H,12,14-15H2,1-2H3,(H,27,31)/b5-4+. The van der Waals surface area contributed by atoms with Crippen molar-refractivity contribution in [3.8, 4) is 0 Å². The lowest BCUT2D eigenvalue weighted by Gasteiger charge is -2.43. The number of non-ortho nitro benzene ring substituents is 1. The molecule has 8 heteroatoms. The molecule has 7 nitrogen and oxygen atoms in total. The van der Waals surface area contributed by atoms with E-state index in [-0.39, 0.29) is 29.5 Å². The fraction of sp³-hybridized carbons (Fsp3) is 0.280. The average molecular weight is 510 g/mol. The van der Waals surface area contributed by atoms with Gasteiger partial charge < -0.3 is 10.2 Å². The molecule has 1 N–H and O–H groups in total. The molecule has 1 aliphatic heterocycles. The van der Waals surface area contributed by atoms with E-state index in [4.69, 9.17) is 0 Å². The number of carbonyl (C=O) groups excluding carboxylic acids is 2. The lowest BCUT2D eigenvalue weighted by Crippen LogP contribution is -2.51. The highest BCUT2D eigenvalue weighted by atomic mass is 79.9. The van der Waals surface area contributed by atoms with E-state index in [0.717, 1.165) is 10.0 Å². The van der Waals surface area contributed by atoms with E-state index < -0.39 is 11.0 Å². The highest BCUT2D eigenvalue weighted by molar-refractivity contribution is 9.10. The summed E-state index contributed by atoms with van der Waals surface area (Å²) in [5.41, 5.74) is 2.32. The van der Waals surface area contributed by atoms with Crippen LogP contribution in [0.3, 0.4) is 0 Å². The summed E-state index contributed by atoms with van der Waals surface area (Å²) in [5, 5.41) is 14.3. The molecule has 33 heavy (non-hydrogen) atoms. The molecule has 0 saturated heterocycles. The summed E-state index contributed by atoms with van der Waals surface area (Å²) in [5.74, 6) is -0.0420. The van der Waals surface area contributed by atoms with Crippen LogP contribution in [0.5, 0.6) is 0 Å². The summed E-state index contributed by atoms with van der Waals surface area (Å²) >= 11 is 3.41. The van der Waals surface area contributed by atoms with Crippen molar-refractivity contribution in [1.82, 2.24) is 10.2 Å². The highest BCUT2D eigenvalue weighted by Gasteiger charge is 2.44. The number of rotatable bonds is 5. The summed E-state index contributed by atoms with van der Waals surface area (Å²) in [7, 11) is 0. The second kappa shape index (κ2) is 8.94. The van der Waals surface area contributed by atoms with Gasteiger partial charge in [0.25, 0.3) is 5.69 Å². The average Bonchev–Trinajstić information content (AvgIpc) is 2.74. The van der Waals surface area contributed by atoms with E-state index in [1.165, 1.54) is 12.1 Å². The number of ketones is 1. The number of hydrogen-bond donors (Lipinski definition) is 1. The summed E-state index contributed by atoms with van der Waals surface area (Å²) in [6.45, 7) is 4.23. The van der Waals surface area contributed by atoms with Gasteiger partial charge in [-0.2, -0.15) is 0 Å². The maximum atomic E-state index is 13.2. The number of carbonyl (C=O) groups is 2. The van der Waals surface area contributed by atoms with Crippen LogP contribution >= 0.6 is 15.9 Å². The van der Waals surface area contributed by atoms with Crippen LogP contribution in [-0.4, -0.2) is 28.2 Å². The van der Waals surface area contributed by atoms with Crippen molar-refractivity contribution < 1.29 is 14.5 Å². The van der Waals surface area contributed by atoms with Crippen molar-refractivity contribution in [2.75, 3.05) is 6.54 Å². The molecular weight excluding hydrogens is 486 g/mol. The van der Waals surface area contributed by atoms with Gasteiger partial charge in [0, 0.05) is 40.8 Å². The second-order valence-corrected chi connectivity index (χ2v) is 10.0. The fourth-order valence-corrected chi connectivity index (χ4v) is 4.72. The first-order valence-electron chi connectivity index (χ1n) is 10.6. The minimum absolute atomic E-state index is 0.0420. The van der Waals surface area contributed by atoms with Gasteiger partial charge in [-0.15, -0.1) is 0 Å². The van der Waals surface area contributed by atoms with Crippen molar-refractivity contribution in [2.24, 2.45) is 5.41 Å². The fourth-order valence-electron chi connectivity index (χ4n) is 4.46. The SMILES string of the molecule is CC1(C)CC(=O)C2=C(C1)NC(=O)N(C/C=C/c1ccc(Br)cc1)C2c1cccc([N+](=O)[O-])c1. The molecule has 4 rings (SSSR count). The molecule has 2 amide bonds. The molecule has 2 aromatic carbocycles. The van der Waals surface area contributed by atoms with Crippen LogP contribution in [0.4, 0.5) is 10.5 Å². The Balaban J connectivity index is 1.74. The number of urea groups is 1. The lowest BCUT2D eigenvalue weighted by molar-refractivity contribution is -0.384. The van der Waals surface area contributed by atoms with Crippen molar-refractivity contribution in [1.29, 1.82) is 0 Å². The molecule has 1 heterocycles. The molecule has 170 valence electrons. The van der Waals surface area contributed by atoms with E-state index in [1.54, 1.807) is 17.0 Å². The van der Waals surface area contributed by atoms with Gasteiger partial charge in [-0.05, 0) is 35.1 Å². The molecular formula is C25H24BrN3O4. The number of allylic oxidation sites excluding steroid dienone is 1. The van der Waals surface area contributed by atoms with Crippen molar-refractivity contribution >= 4 is 39.5 Å². The van der Waals surface area contributed by atoms with Crippen LogP contribution in [0.25, 0.3) is 6.08 Å². The van der Waals surface area contributed by atoms with Crippen LogP contribution in [0, 0.1) is 15.5 Å². The second-order valence-electron chi connectivity index (χ2n) is 9.12. The minimum Gasteiger partial charge on any atom is -0.311 e. The molecule has 0 bridgehead atoms. The van der Waals surface area contributed by atoms with E-state index in [1.807, 2.05) is 50.3 Å². The smallest absolute Gasteiger partial charge is 0.311 e. The first-order chi connectivity index (χ1) is 15.6. The number of amides is 2. The van der Waals surface area contributed by atoms with Crippen LogP contribution < -0.4 is 5.32 Å². The van der Waals surface area contributed by atoms with Crippen LogP contribution in [-0.2, 0) is 4.79 Å². The maximum Gasteiger partial charge on any atom is 0.322 e. The Kier molecular flexibility index (Phi) is 6.21. The Morgan fingerprint density at radius 3 is 2.61 bits per heavy atom. The molecule has 1 aliphatic carbocycles. The summed E-state index contributed by atoms with van der Waals surface area (Å²) < 4.78 is 0.971. The quantitative estimate of drug-likeness (QED) is 0.408. The third-order valence-corrected chi connectivity index (χ3v) is 6.43. The number of benzene rings is 2. The zero-order valence-corrected chi connectivity index (χ0v) is 20.0. The Hall–Kier alpha value is -3.26. The summed E-state index contributed by atoms with van der Waals surface area (Å²) in [4.78, 5) is 38.9. The molecule has 0 spiro atoms. The van der Waals surface area contributed by atoms with Gasteiger partial charge in [-0.25, -0.2) is 4.79 Å². The largest absolute Gasteiger partial charge is 0.322 e. The monoisotopic (exact) mass is 509 g/mol. The summed E-state index contributed by atoms with van der Waals surface area (Å²) in [6, 6.07) is 12.9. The number of Topliss-reactive ketones (excluding diaryl/α,β-unsaturated/α-hetero) is 1. The van der Waals surface area contributed by atoms with Gasteiger partial charge in [-0.3, -0.25) is 14.9 Å². The van der Waals surface area contributed by atoms with Gasteiger partial charge in [-0.1, -0.05) is 66.2 Å². The Bertz CT molecular complexity index is 1180. The number of nitro benzene ring substituents is 1. The topological polar surface area (TPSA) is 92.6 Å². The normalized spacial score (nSPS) is 20.1. The van der Waals surface area contributed by atoms with Gasteiger partial charge >= 0.3 is 6.03 Å². The van der Waals surface area contributed by atoms with Crippen molar-refractivity contribution in [3.05, 3.63) is 91.6 Å². The number of nitro groups is 1. The first-order valence-corrected chi connectivity index (χ1v) is 11.4. The van der Waals surface area contributed by atoms with E-state index in [2.05, 4.69) is 21.2 Å². The Morgan fingerprint density at radius 2 is 1.91 bits per heavy atom. The number of hydrogen-bond acceptors (Lipinski definition) is 4. The van der Waals surface area contributed by atoms with Gasteiger partial charge in [0.2, 0.25) is 0 Å². The molecule has 2 aromatic rings. The number of nitrogens with zero attached hydrogens (tertiary/aromatic N) is 2. The van der Waals surface area contributed by atoms with Crippen LogP contribution in [0.15, 0.2) is 70.3 Å². The molecule has 0 fully saturated rings. The predicted molar refractivity (Wildman–Crippen MR) is 129 cm³/mol. The minimum atomic E-state index is -0.688. The lowest BCUT2D eigenvalue weighted by atomic mass is 9.72. The summed E-state index contributed by atoms with van der Waals surface area (Å²) in [6.07, 6.45) is 4.68. The van der Waals surface area contributed by atoms with Crippen molar-refractivity contribution in [3.63, 3.8) is 0 Å². The van der Waals surface area contributed by atoms with Crippen LogP contribution in [0.2, 0.25) is 0 Å². The molecule has 0 radical (unpaired) electrons. The number of halogens is 1.